The zero-order chi connectivity index (χ0) is 15.7. The lowest BCUT2D eigenvalue weighted by Gasteiger charge is -2.04. The molecule has 1 aromatic carbocycles. The van der Waals surface area contributed by atoms with Crippen molar-refractivity contribution >= 4 is 0 Å². The molecule has 0 bridgehead atoms. The molecule has 0 saturated carbocycles. The Morgan fingerprint density at radius 2 is 1.68 bits per heavy atom. The zero-order valence-corrected chi connectivity index (χ0v) is 11.6. The van der Waals surface area contributed by atoms with Gasteiger partial charge < -0.3 is 0 Å². The largest absolute Gasteiger partial charge is 0.435 e. The first kappa shape index (κ1) is 14.3. The van der Waals surface area contributed by atoms with Crippen molar-refractivity contribution < 1.29 is 13.2 Å². The third-order valence-electron chi connectivity index (χ3n) is 3.29. The number of H-pyrrole nitrogens is 1. The number of alkyl halides is 3. The molecule has 0 aliphatic carbocycles. The van der Waals surface area contributed by atoms with Crippen LogP contribution in [0, 0.1) is 6.92 Å². The van der Waals surface area contributed by atoms with Gasteiger partial charge in [0.05, 0.1) is 11.4 Å². The van der Waals surface area contributed by atoms with Gasteiger partial charge in [0.2, 0.25) is 0 Å². The predicted molar refractivity (Wildman–Crippen MR) is 77.0 cm³/mol. The van der Waals surface area contributed by atoms with E-state index in [9.17, 15) is 13.2 Å². The van der Waals surface area contributed by atoms with Gasteiger partial charge in [-0.1, -0.05) is 29.8 Å². The number of rotatable bonds is 2. The van der Waals surface area contributed by atoms with Crippen LogP contribution < -0.4 is 0 Å². The number of aryl methyl sites for hydroxylation is 1. The molecule has 2 aromatic heterocycles. The minimum atomic E-state index is -4.47. The number of nitrogens with zero attached hydrogens (tertiary/aromatic N) is 2. The highest BCUT2D eigenvalue weighted by molar-refractivity contribution is 5.69. The molecule has 3 nitrogen and oxygen atoms in total. The third-order valence-corrected chi connectivity index (χ3v) is 3.29. The molecule has 3 rings (SSSR count). The van der Waals surface area contributed by atoms with Crippen LogP contribution in [0.25, 0.3) is 22.5 Å². The maximum atomic E-state index is 12.6. The van der Waals surface area contributed by atoms with Crippen LogP contribution in [-0.2, 0) is 6.18 Å². The van der Waals surface area contributed by atoms with Gasteiger partial charge in [0.1, 0.15) is 0 Å². The molecule has 2 heterocycles. The molecule has 0 unspecified atom stereocenters. The molecule has 0 radical (unpaired) electrons. The number of pyridine rings is 1. The Bertz CT molecular complexity index is 789. The van der Waals surface area contributed by atoms with E-state index >= 15 is 0 Å². The highest BCUT2D eigenvalue weighted by atomic mass is 19.4. The van der Waals surface area contributed by atoms with E-state index in [4.69, 9.17) is 0 Å². The van der Waals surface area contributed by atoms with Crippen LogP contribution in [0.1, 0.15) is 11.3 Å². The van der Waals surface area contributed by atoms with Gasteiger partial charge in [-0.3, -0.25) is 10.1 Å². The van der Waals surface area contributed by atoms with Gasteiger partial charge in [-0.15, -0.1) is 0 Å². The van der Waals surface area contributed by atoms with Crippen molar-refractivity contribution in [3.63, 3.8) is 0 Å². The van der Waals surface area contributed by atoms with E-state index in [1.165, 1.54) is 0 Å². The Morgan fingerprint density at radius 3 is 2.32 bits per heavy atom. The van der Waals surface area contributed by atoms with Crippen molar-refractivity contribution in [1.82, 2.24) is 15.2 Å². The fraction of sp³-hybridized carbons (Fsp3) is 0.125. The fourth-order valence-corrected chi connectivity index (χ4v) is 2.10. The summed E-state index contributed by atoms with van der Waals surface area (Å²) < 4.78 is 37.8. The van der Waals surface area contributed by atoms with Gasteiger partial charge in [0.25, 0.3) is 0 Å². The monoisotopic (exact) mass is 303 g/mol. The summed E-state index contributed by atoms with van der Waals surface area (Å²) in [5.41, 5.74) is 2.70. The van der Waals surface area contributed by atoms with Crippen molar-refractivity contribution in [2.24, 2.45) is 0 Å². The van der Waals surface area contributed by atoms with Gasteiger partial charge in [0.15, 0.2) is 5.69 Å². The van der Waals surface area contributed by atoms with Crippen LogP contribution in [0.4, 0.5) is 13.2 Å². The summed E-state index contributed by atoms with van der Waals surface area (Å²) in [5.74, 6) is 0. The molecule has 0 aliphatic heterocycles. The van der Waals surface area contributed by atoms with Gasteiger partial charge in [-0.2, -0.15) is 18.3 Å². The SMILES string of the molecule is Cc1ccc(-c2ccnc(-c3cc(C(F)(F)F)n[nH]3)c2)cc1. The molecular formula is C16H12F3N3. The maximum Gasteiger partial charge on any atom is 0.435 e. The standard InChI is InChI=1S/C16H12F3N3/c1-10-2-4-11(5-3-10)12-6-7-20-13(8-12)14-9-15(22-21-14)16(17,18)19/h2-9H,1H3,(H,21,22). The Labute approximate surface area is 124 Å². The minimum absolute atomic E-state index is 0.237. The van der Waals surface area contributed by atoms with E-state index in [-0.39, 0.29) is 5.69 Å². The van der Waals surface area contributed by atoms with Gasteiger partial charge in [-0.05, 0) is 36.2 Å². The second-order valence-corrected chi connectivity index (χ2v) is 4.96. The summed E-state index contributed by atoms with van der Waals surface area (Å²) in [5, 5.41) is 5.67. The van der Waals surface area contributed by atoms with Crippen molar-refractivity contribution in [3.8, 4) is 22.5 Å². The molecular weight excluding hydrogens is 291 g/mol. The molecule has 0 fully saturated rings. The molecule has 22 heavy (non-hydrogen) atoms. The number of benzene rings is 1. The summed E-state index contributed by atoms with van der Waals surface area (Å²) in [6.07, 6.45) is -2.90. The Kier molecular flexibility index (Phi) is 3.44. The van der Waals surface area contributed by atoms with Gasteiger partial charge in [-0.25, -0.2) is 0 Å². The molecule has 6 heteroatoms. The number of aromatic amines is 1. The molecule has 3 aromatic rings. The summed E-state index contributed by atoms with van der Waals surface area (Å²) in [6.45, 7) is 1.99. The zero-order valence-electron chi connectivity index (χ0n) is 11.6. The van der Waals surface area contributed by atoms with Crippen LogP contribution in [0.2, 0.25) is 0 Å². The fourth-order valence-electron chi connectivity index (χ4n) is 2.10. The van der Waals surface area contributed by atoms with E-state index < -0.39 is 11.9 Å². The number of hydrogen-bond donors (Lipinski definition) is 1. The third kappa shape index (κ3) is 2.86. The molecule has 0 spiro atoms. The van der Waals surface area contributed by atoms with E-state index in [1.54, 1.807) is 12.3 Å². The molecule has 0 aliphatic rings. The lowest BCUT2D eigenvalue weighted by atomic mass is 10.0. The smallest absolute Gasteiger partial charge is 0.276 e. The van der Waals surface area contributed by atoms with Gasteiger partial charge >= 0.3 is 6.18 Å². The molecule has 1 N–H and O–H groups in total. The molecule has 0 amide bonds. The van der Waals surface area contributed by atoms with Crippen molar-refractivity contribution in [1.29, 1.82) is 0 Å². The summed E-state index contributed by atoms with van der Waals surface area (Å²) in [4.78, 5) is 4.11. The first-order valence-electron chi connectivity index (χ1n) is 6.59. The first-order chi connectivity index (χ1) is 10.4. The summed E-state index contributed by atoms with van der Waals surface area (Å²) in [6, 6.07) is 12.4. The Morgan fingerprint density at radius 1 is 0.955 bits per heavy atom. The number of aromatic nitrogens is 3. The van der Waals surface area contributed by atoms with E-state index in [1.807, 2.05) is 37.3 Å². The second-order valence-electron chi connectivity index (χ2n) is 4.96. The lowest BCUT2D eigenvalue weighted by Crippen LogP contribution is -2.04. The number of halogens is 3. The Balaban J connectivity index is 1.97. The molecule has 112 valence electrons. The van der Waals surface area contributed by atoms with E-state index in [0.29, 0.717) is 5.69 Å². The Hall–Kier alpha value is -2.63. The van der Waals surface area contributed by atoms with Crippen molar-refractivity contribution in [2.75, 3.05) is 0 Å². The lowest BCUT2D eigenvalue weighted by molar-refractivity contribution is -0.141. The first-order valence-corrected chi connectivity index (χ1v) is 6.59. The highest BCUT2D eigenvalue weighted by Crippen LogP contribution is 2.30. The predicted octanol–water partition coefficient (Wildman–Crippen LogP) is 4.47. The van der Waals surface area contributed by atoms with Crippen LogP contribution in [0.3, 0.4) is 0 Å². The quantitative estimate of drug-likeness (QED) is 0.759. The van der Waals surface area contributed by atoms with E-state index in [2.05, 4.69) is 15.2 Å². The topological polar surface area (TPSA) is 41.6 Å². The van der Waals surface area contributed by atoms with Crippen LogP contribution >= 0.6 is 0 Å². The highest BCUT2D eigenvalue weighted by Gasteiger charge is 2.34. The maximum absolute atomic E-state index is 12.6. The second kappa shape index (κ2) is 5.29. The van der Waals surface area contributed by atoms with Crippen LogP contribution in [0.15, 0.2) is 48.7 Å². The normalized spacial score (nSPS) is 11.6. The van der Waals surface area contributed by atoms with Crippen LogP contribution in [0.5, 0.6) is 0 Å². The average Bonchev–Trinajstić information content (AvgIpc) is 2.98. The molecule has 0 saturated heterocycles. The summed E-state index contributed by atoms with van der Waals surface area (Å²) >= 11 is 0. The van der Waals surface area contributed by atoms with Crippen molar-refractivity contribution in [2.45, 2.75) is 13.1 Å². The summed E-state index contributed by atoms with van der Waals surface area (Å²) in [7, 11) is 0. The van der Waals surface area contributed by atoms with E-state index in [0.717, 1.165) is 22.8 Å². The number of nitrogens with one attached hydrogen (secondary N) is 1. The number of hydrogen-bond acceptors (Lipinski definition) is 2. The molecule has 0 atom stereocenters. The minimum Gasteiger partial charge on any atom is -0.276 e. The average molecular weight is 303 g/mol. The van der Waals surface area contributed by atoms with Crippen LogP contribution in [-0.4, -0.2) is 15.2 Å². The van der Waals surface area contributed by atoms with Gasteiger partial charge in [0, 0.05) is 6.20 Å². The van der Waals surface area contributed by atoms with Crippen molar-refractivity contribution in [3.05, 3.63) is 59.9 Å².